The zero-order valence-corrected chi connectivity index (χ0v) is 8.76. The third-order valence-corrected chi connectivity index (χ3v) is 3.07. The molecular formula is C12H15N3. The number of benzene rings is 1. The lowest BCUT2D eigenvalue weighted by molar-refractivity contribution is 0.485. The Bertz CT molecular complexity index is 455. The van der Waals surface area contributed by atoms with E-state index in [0.29, 0.717) is 0 Å². The van der Waals surface area contributed by atoms with E-state index in [1.165, 1.54) is 24.8 Å². The highest BCUT2D eigenvalue weighted by Gasteiger charge is 2.12. The fourth-order valence-electron chi connectivity index (χ4n) is 2.26. The zero-order chi connectivity index (χ0) is 10.1. The lowest BCUT2D eigenvalue weighted by Crippen LogP contribution is -2.38. The van der Waals surface area contributed by atoms with Crippen LogP contribution in [0.4, 0.5) is 0 Å². The summed E-state index contributed by atoms with van der Waals surface area (Å²) in [6.45, 7) is 2.31. The second-order valence-corrected chi connectivity index (χ2v) is 4.09. The molecule has 1 aromatic carbocycles. The highest BCUT2D eigenvalue weighted by atomic mass is 15.6. The number of nitrogens with zero attached hydrogens (tertiary/aromatic N) is 3. The molecule has 0 atom stereocenters. The quantitative estimate of drug-likeness (QED) is 0.705. The Kier molecular flexibility index (Phi) is 2.09. The molecule has 1 aromatic heterocycles. The van der Waals surface area contributed by atoms with Gasteiger partial charge < -0.3 is 5.01 Å². The number of piperidine rings is 1. The first-order valence-corrected chi connectivity index (χ1v) is 5.62. The summed E-state index contributed by atoms with van der Waals surface area (Å²) in [7, 11) is 0. The van der Waals surface area contributed by atoms with E-state index < -0.39 is 0 Å². The van der Waals surface area contributed by atoms with E-state index in [0.717, 1.165) is 18.6 Å². The van der Waals surface area contributed by atoms with Gasteiger partial charge in [0.15, 0.2) is 0 Å². The minimum Gasteiger partial charge on any atom is -0.311 e. The summed E-state index contributed by atoms with van der Waals surface area (Å²) in [4.78, 5) is 4.42. The molecule has 2 heterocycles. The number of hydrogen-bond acceptors (Lipinski definition) is 2. The molecule has 1 aliphatic rings. The van der Waals surface area contributed by atoms with Gasteiger partial charge in [-0.05, 0) is 31.4 Å². The molecule has 2 aromatic rings. The van der Waals surface area contributed by atoms with Crippen LogP contribution in [0.5, 0.6) is 0 Å². The number of imidazole rings is 1. The first-order chi connectivity index (χ1) is 7.45. The molecule has 1 saturated heterocycles. The maximum absolute atomic E-state index is 4.42. The van der Waals surface area contributed by atoms with Crippen LogP contribution in [0.3, 0.4) is 0 Å². The van der Waals surface area contributed by atoms with Gasteiger partial charge in [0.25, 0.3) is 0 Å². The SMILES string of the molecule is c1ccc2c(c1)ncn2N1CCCCC1. The van der Waals surface area contributed by atoms with Crippen LogP contribution in [0.1, 0.15) is 19.3 Å². The average molecular weight is 201 g/mol. The molecule has 0 radical (unpaired) electrons. The molecule has 15 heavy (non-hydrogen) atoms. The minimum absolute atomic E-state index is 1.09. The van der Waals surface area contributed by atoms with E-state index in [1.54, 1.807) is 0 Å². The van der Waals surface area contributed by atoms with Crippen LogP contribution in [0, 0.1) is 0 Å². The minimum atomic E-state index is 1.09. The summed E-state index contributed by atoms with van der Waals surface area (Å²) >= 11 is 0. The molecule has 0 unspecified atom stereocenters. The van der Waals surface area contributed by atoms with Crippen molar-refractivity contribution in [2.45, 2.75) is 19.3 Å². The van der Waals surface area contributed by atoms with Gasteiger partial charge in [0.1, 0.15) is 6.33 Å². The number of aromatic nitrogens is 2. The van der Waals surface area contributed by atoms with Crippen molar-refractivity contribution in [1.82, 2.24) is 9.66 Å². The first-order valence-electron chi connectivity index (χ1n) is 5.62. The van der Waals surface area contributed by atoms with E-state index in [-0.39, 0.29) is 0 Å². The number of rotatable bonds is 1. The summed E-state index contributed by atoms with van der Waals surface area (Å²) in [5.41, 5.74) is 2.31. The molecule has 1 aliphatic heterocycles. The maximum atomic E-state index is 4.42. The largest absolute Gasteiger partial charge is 0.311 e. The van der Waals surface area contributed by atoms with Crippen LogP contribution in [0.2, 0.25) is 0 Å². The first kappa shape index (κ1) is 8.77. The second-order valence-electron chi connectivity index (χ2n) is 4.09. The summed E-state index contributed by atoms with van der Waals surface area (Å²) in [6, 6.07) is 8.31. The van der Waals surface area contributed by atoms with Gasteiger partial charge in [-0.15, -0.1) is 0 Å². The Morgan fingerprint density at radius 3 is 2.67 bits per heavy atom. The zero-order valence-electron chi connectivity index (χ0n) is 8.76. The van der Waals surface area contributed by atoms with Crippen molar-refractivity contribution in [2.24, 2.45) is 0 Å². The van der Waals surface area contributed by atoms with Crippen molar-refractivity contribution in [3.05, 3.63) is 30.6 Å². The predicted molar refractivity (Wildman–Crippen MR) is 61.5 cm³/mol. The van der Waals surface area contributed by atoms with Gasteiger partial charge in [-0.1, -0.05) is 12.1 Å². The van der Waals surface area contributed by atoms with Crippen LogP contribution in [0.15, 0.2) is 30.6 Å². The topological polar surface area (TPSA) is 21.1 Å². The standard InChI is InChI=1S/C12H15N3/c1-4-8-14(9-5-1)15-10-13-11-6-2-3-7-12(11)15/h2-3,6-7,10H,1,4-5,8-9H2. The molecule has 78 valence electrons. The lowest BCUT2D eigenvalue weighted by atomic mass is 10.2. The highest BCUT2D eigenvalue weighted by Crippen LogP contribution is 2.15. The van der Waals surface area contributed by atoms with E-state index in [9.17, 15) is 0 Å². The van der Waals surface area contributed by atoms with Crippen molar-refractivity contribution >= 4 is 11.0 Å². The van der Waals surface area contributed by atoms with Crippen molar-refractivity contribution in [3.63, 3.8) is 0 Å². The van der Waals surface area contributed by atoms with Crippen LogP contribution in [-0.4, -0.2) is 22.7 Å². The van der Waals surface area contributed by atoms with Gasteiger partial charge in [0, 0.05) is 13.1 Å². The smallest absolute Gasteiger partial charge is 0.116 e. The third-order valence-electron chi connectivity index (χ3n) is 3.07. The van der Waals surface area contributed by atoms with Crippen molar-refractivity contribution in [2.75, 3.05) is 18.1 Å². The molecule has 0 N–H and O–H groups in total. The van der Waals surface area contributed by atoms with Gasteiger partial charge in [-0.2, -0.15) is 0 Å². The normalized spacial score (nSPS) is 17.2. The molecular weight excluding hydrogens is 186 g/mol. The highest BCUT2D eigenvalue weighted by molar-refractivity contribution is 5.75. The Labute approximate surface area is 89.3 Å². The van der Waals surface area contributed by atoms with Crippen LogP contribution >= 0.6 is 0 Å². The predicted octanol–water partition coefficient (Wildman–Crippen LogP) is 2.16. The van der Waals surface area contributed by atoms with Gasteiger partial charge >= 0.3 is 0 Å². The van der Waals surface area contributed by atoms with Gasteiger partial charge in [-0.25, -0.2) is 9.66 Å². The molecule has 1 fully saturated rings. The number of fused-ring (bicyclic) bond motifs is 1. The monoisotopic (exact) mass is 201 g/mol. The van der Waals surface area contributed by atoms with Gasteiger partial charge in [0.05, 0.1) is 11.0 Å². The fourth-order valence-corrected chi connectivity index (χ4v) is 2.26. The van der Waals surface area contributed by atoms with Crippen LogP contribution in [-0.2, 0) is 0 Å². The van der Waals surface area contributed by atoms with E-state index in [2.05, 4.69) is 32.9 Å². The van der Waals surface area contributed by atoms with Gasteiger partial charge in [-0.3, -0.25) is 0 Å². The molecule has 0 bridgehead atoms. The lowest BCUT2D eigenvalue weighted by Gasteiger charge is -2.29. The summed E-state index contributed by atoms with van der Waals surface area (Å²) in [5, 5.41) is 2.39. The molecule has 0 aliphatic carbocycles. The molecule has 0 saturated carbocycles. The van der Waals surface area contributed by atoms with Crippen molar-refractivity contribution in [1.29, 1.82) is 0 Å². The van der Waals surface area contributed by atoms with Crippen molar-refractivity contribution in [3.8, 4) is 0 Å². The summed E-state index contributed by atoms with van der Waals surface area (Å²) in [6.07, 6.45) is 5.90. The Hall–Kier alpha value is -1.51. The van der Waals surface area contributed by atoms with Crippen LogP contribution in [0.25, 0.3) is 11.0 Å². The molecule has 0 amide bonds. The molecule has 3 nitrogen and oxygen atoms in total. The number of hydrogen-bond donors (Lipinski definition) is 0. The number of para-hydroxylation sites is 2. The average Bonchev–Trinajstić information content (AvgIpc) is 2.74. The second kappa shape index (κ2) is 3.57. The van der Waals surface area contributed by atoms with E-state index in [1.807, 2.05) is 12.4 Å². The van der Waals surface area contributed by atoms with Crippen molar-refractivity contribution < 1.29 is 0 Å². The Morgan fingerprint density at radius 1 is 1.00 bits per heavy atom. The molecule has 0 spiro atoms. The van der Waals surface area contributed by atoms with Gasteiger partial charge in [0.2, 0.25) is 0 Å². The summed E-state index contributed by atoms with van der Waals surface area (Å²) < 4.78 is 2.20. The van der Waals surface area contributed by atoms with E-state index >= 15 is 0 Å². The van der Waals surface area contributed by atoms with Crippen LogP contribution < -0.4 is 5.01 Å². The maximum Gasteiger partial charge on any atom is 0.116 e. The molecule has 3 heteroatoms. The Balaban J connectivity index is 2.02. The van der Waals surface area contributed by atoms with E-state index in [4.69, 9.17) is 0 Å². The third kappa shape index (κ3) is 1.48. The Morgan fingerprint density at radius 2 is 1.80 bits per heavy atom. The summed E-state index contributed by atoms with van der Waals surface area (Å²) in [5.74, 6) is 0. The molecule has 3 rings (SSSR count). The fraction of sp³-hybridized carbons (Fsp3) is 0.417.